The van der Waals surface area contributed by atoms with Gasteiger partial charge in [-0.3, -0.25) is 4.79 Å². The van der Waals surface area contributed by atoms with E-state index in [-0.39, 0.29) is 5.78 Å². The second kappa shape index (κ2) is 5.00. The molecule has 0 aliphatic rings. The van der Waals surface area contributed by atoms with E-state index < -0.39 is 0 Å². The van der Waals surface area contributed by atoms with E-state index in [1.54, 1.807) is 13.0 Å². The third-order valence-electron chi connectivity index (χ3n) is 0.716. The summed E-state index contributed by atoms with van der Waals surface area (Å²) in [6.07, 6.45) is 2.22. The number of carbonyl (C=O) groups is 1. The van der Waals surface area contributed by atoms with E-state index in [0.29, 0.717) is 12.3 Å². The number of allylic oxidation sites excluding steroid dienone is 2. The molecule has 0 amide bonds. The first-order chi connectivity index (χ1) is 4.16. The summed E-state index contributed by atoms with van der Waals surface area (Å²) < 4.78 is 0.866. The first kappa shape index (κ1) is 9.18. The van der Waals surface area contributed by atoms with Crippen molar-refractivity contribution in [2.24, 2.45) is 0 Å². The van der Waals surface area contributed by atoms with Crippen LogP contribution in [-0.4, -0.2) is 11.7 Å². The Morgan fingerprint density at radius 1 is 1.78 bits per heavy atom. The Hall–Kier alpha value is 0.180. The quantitative estimate of drug-likeness (QED) is 0.656. The van der Waals surface area contributed by atoms with Crippen molar-refractivity contribution in [2.75, 3.05) is 5.88 Å². The zero-order valence-electron chi connectivity index (χ0n) is 5.16. The van der Waals surface area contributed by atoms with Gasteiger partial charge in [0.15, 0.2) is 0 Å². The van der Waals surface area contributed by atoms with Crippen LogP contribution in [0.2, 0.25) is 0 Å². The van der Waals surface area contributed by atoms with E-state index in [2.05, 4.69) is 15.9 Å². The average Bonchev–Trinajstić information content (AvgIpc) is 1.63. The Kier molecular flexibility index (Phi) is 5.10. The van der Waals surface area contributed by atoms with Crippen molar-refractivity contribution >= 4 is 33.3 Å². The molecule has 0 N–H and O–H groups in total. The summed E-state index contributed by atoms with van der Waals surface area (Å²) in [5.41, 5.74) is 0. The van der Waals surface area contributed by atoms with Gasteiger partial charge in [-0.2, -0.15) is 0 Å². The SMILES string of the molecule is CC(=O)CC(Br)=CCCl. The van der Waals surface area contributed by atoms with Crippen LogP contribution in [-0.2, 0) is 4.79 Å². The molecule has 0 spiro atoms. The highest BCUT2D eigenvalue weighted by Crippen LogP contribution is 2.09. The molecule has 0 saturated carbocycles. The molecule has 0 unspecified atom stereocenters. The van der Waals surface area contributed by atoms with Gasteiger partial charge < -0.3 is 0 Å². The summed E-state index contributed by atoms with van der Waals surface area (Å²) in [7, 11) is 0. The summed E-state index contributed by atoms with van der Waals surface area (Å²) in [5.74, 6) is 0.594. The van der Waals surface area contributed by atoms with Crippen LogP contribution in [0, 0.1) is 0 Å². The van der Waals surface area contributed by atoms with E-state index in [4.69, 9.17) is 11.6 Å². The van der Waals surface area contributed by atoms with Crippen LogP contribution in [0.25, 0.3) is 0 Å². The largest absolute Gasteiger partial charge is 0.300 e. The average molecular weight is 211 g/mol. The van der Waals surface area contributed by atoms with Crippen molar-refractivity contribution in [1.29, 1.82) is 0 Å². The smallest absolute Gasteiger partial charge is 0.134 e. The summed E-state index contributed by atoms with van der Waals surface area (Å²) in [4.78, 5) is 10.4. The number of rotatable bonds is 3. The van der Waals surface area contributed by atoms with Gasteiger partial charge in [0.1, 0.15) is 5.78 Å². The fourth-order valence-electron chi connectivity index (χ4n) is 0.394. The predicted octanol–water partition coefficient (Wildman–Crippen LogP) is 2.48. The van der Waals surface area contributed by atoms with Crippen LogP contribution in [0.15, 0.2) is 10.6 Å². The molecular formula is C6H8BrClO. The van der Waals surface area contributed by atoms with Crippen LogP contribution in [0.1, 0.15) is 13.3 Å². The third kappa shape index (κ3) is 6.06. The number of hydrogen-bond acceptors (Lipinski definition) is 1. The first-order valence-corrected chi connectivity index (χ1v) is 3.89. The lowest BCUT2D eigenvalue weighted by Gasteiger charge is -1.90. The molecule has 0 atom stereocenters. The minimum atomic E-state index is 0.142. The minimum absolute atomic E-state index is 0.142. The molecule has 3 heteroatoms. The maximum atomic E-state index is 10.4. The lowest BCUT2D eigenvalue weighted by atomic mass is 10.3. The van der Waals surface area contributed by atoms with Gasteiger partial charge in [0.25, 0.3) is 0 Å². The van der Waals surface area contributed by atoms with E-state index in [1.165, 1.54) is 0 Å². The van der Waals surface area contributed by atoms with Gasteiger partial charge in [0.05, 0.1) is 0 Å². The maximum absolute atomic E-state index is 10.4. The molecule has 0 aliphatic heterocycles. The zero-order chi connectivity index (χ0) is 7.28. The molecule has 0 aromatic carbocycles. The Morgan fingerprint density at radius 3 is 2.67 bits per heavy atom. The minimum Gasteiger partial charge on any atom is -0.300 e. The van der Waals surface area contributed by atoms with Crippen LogP contribution in [0.5, 0.6) is 0 Å². The zero-order valence-corrected chi connectivity index (χ0v) is 7.50. The van der Waals surface area contributed by atoms with Gasteiger partial charge in [-0.25, -0.2) is 0 Å². The summed E-state index contributed by atoms with van der Waals surface area (Å²) >= 11 is 8.56. The molecule has 0 saturated heterocycles. The molecular weight excluding hydrogens is 203 g/mol. The molecule has 0 rings (SSSR count). The molecule has 1 nitrogen and oxygen atoms in total. The number of hydrogen-bond donors (Lipinski definition) is 0. The van der Waals surface area contributed by atoms with Crippen LogP contribution in [0.3, 0.4) is 0 Å². The van der Waals surface area contributed by atoms with E-state index in [0.717, 1.165) is 4.48 Å². The second-order valence-electron chi connectivity index (χ2n) is 1.68. The number of halogens is 2. The summed E-state index contributed by atoms with van der Waals surface area (Å²) in [6, 6.07) is 0. The number of ketones is 1. The van der Waals surface area contributed by atoms with E-state index >= 15 is 0 Å². The molecule has 0 fully saturated rings. The number of Topliss-reactive ketones (excluding diaryl/α,β-unsaturated/α-hetero) is 1. The monoisotopic (exact) mass is 210 g/mol. The summed E-state index contributed by atoms with van der Waals surface area (Å²) in [5, 5.41) is 0. The Morgan fingerprint density at radius 2 is 2.33 bits per heavy atom. The topological polar surface area (TPSA) is 17.1 Å². The summed E-state index contributed by atoms with van der Waals surface area (Å²) in [6.45, 7) is 1.54. The first-order valence-electron chi connectivity index (χ1n) is 2.56. The number of alkyl halides is 1. The molecule has 0 aliphatic carbocycles. The molecule has 0 radical (unpaired) electrons. The standard InChI is InChI=1S/C6H8BrClO/c1-5(9)4-6(7)2-3-8/h2H,3-4H2,1H3. The van der Waals surface area contributed by atoms with Crippen molar-refractivity contribution in [3.05, 3.63) is 10.6 Å². The lowest BCUT2D eigenvalue weighted by molar-refractivity contribution is -0.116. The Balaban J connectivity index is 3.62. The number of carbonyl (C=O) groups excluding carboxylic acids is 1. The van der Waals surface area contributed by atoms with Crippen molar-refractivity contribution in [3.63, 3.8) is 0 Å². The van der Waals surface area contributed by atoms with Gasteiger partial charge in [-0.05, 0) is 11.4 Å². The molecule has 0 aromatic rings. The van der Waals surface area contributed by atoms with Crippen LogP contribution >= 0.6 is 27.5 Å². The van der Waals surface area contributed by atoms with Gasteiger partial charge in [0.2, 0.25) is 0 Å². The molecule has 9 heavy (non-hydrogen) atoms. The predicted molar refractivity (Wildman–Crippen MR) is 43.0 cm³/mol. The Bertz CT molecular complexity index is 131. The second-order valence-corrected chi connectivity index (χ2v) is 3.01. The molecule has 0 bridgehead atoms. The highest BCUT2D eigenvalue weighted by molar-refractivity contribution is 9.11. The third-order valence-corrected chi connectivity index (χ3v) is 1.47. The van der Waals surface area contributed by atoms with Crippen molar-refractivity contribution < 1.29 is 4.79 Å². The van der Waals surface area contributed by atoms with E-state index in [1.807, 2.05) is 0 Å². The van der Waals surface area contributed by atoms with E-state index in [9.17, 15) is 4.79 Å². The highest BCUT2D eigenvalue weighted by atomic mass is 79.9. The van der Waals surface area contributed by atoms with Crippen molar-refractivity contribution in [1.82, 2.24) is 0 Å². The molecule has 52 valence electrons. The van der Waals surface area contributed by atoms with Crippen LogP contribution < -0.4 is 0 Å². The normalized spacial score (nSPS) is 11.7. The van der Waals surface area contributed by atoms with Gasteiger partial charge in [-0.15, -0.1) is 11.6 Å². The molecule has 0 aromatic heterocycles. The fourth-order valence-corrected chi connectivity index (χ4v) is 1.32. The fraction of sp³-hybridized carbons (Fsp3) is 0.500. The Labute approximate surface area is 68.2 Å². The van der Waals surface area contributed by atoms with Crippen LogP contribution in [0.4, 0.5) is 0 Å². The maximum Gasteiger partial charge on any atom is 0.134 e. The lowest BCUT2D eigenvalue weighted by Crippen LogP contribution is -1.88. The van der Waals surface area contributed by atoms with Crippen molar-refractivity contribution in [3.8, 4) is 0 Å². The highest BCUT2D eigenvalue weighted by Gasteiger charge is 1.94. The van der Waals surface area contributed by atoms with Crippen molar-refractivity contribution in [2.45, 2.75) is 13.3 Å². The van der Waals surface area contributed by atoms with Gasteiger partial charge >= 0.3 is 0 Å². The van der Waals surface area contributed by atoms with Gasteiger partial charge in [0, 0.05) is 12.3 Å². The van der Waals surface area contributed by atoms with Gasteiger partial charge in [-0.1, -0.05) is 22.0 Å². The molecule has 0 heterocycles.